The van der Waals surface area contributed by atoms with E-state index in [-0.39, 0.29) is 5.78 Å². The molecule has 0 spiro atoms. The minimum Gasteiger partial charge on any atom is -0.496 e. The van der Waals surface area contributed by atoms with Gasteiger partial charge in [0.1, 0.15) is 5.75 Å². The highest BCUT2D eigenvalue weighted by atomic mass is 35.5. The van der Waals surface area contributed by atoms with Crippen molar-refractivity contribution < 1.29 is 9.53 Å². The molecule has 0 saturated carbocycles. The second-order valence-electron chi connectivity index (χ2n) is 4.48. The van der Waals surface area contributed by atoms with Crippen LogP contribution in [0.3, 0.4) is 0 Å². The number of methoxy groups -OCH3 is 1. The van der Waals surface area contributed by atoms with Gasteiger partial charge in [-0.15, -0.1) is 0 Å². The highest BCUT2D eigenvalue weighted by molar-refractivity contribution is 6.31. The standard InChI is InChI=1S/C16H15ClO2/c1-10-4-5-13(9-14(10)17)16(18)12-6-7-15(19-3)11(2)8-12/h4-9H,1-3H3. The van der Waals surface area contributed by atoms with Gasteiger partial charge in [-0.25, -0.2) is 0 Å². The van der Waals surface area contributed by atoms with E-state index in [0.717, 1.165) is 16.9 Å². The second-order valence-corrected chi connectivity index (χ2v) is 4.88. The van der Waals surface area contributed by atoms with Crippen LogP contribution in [0.25, 0.3) is 0 Å². The van der Waals surface area contributed by atoms with Gasteiger partial charge in [-0.1, -0.05) is 23.7 Å². The summed E-state index contributed by atoms with van der Waals surface area (Å²) in [5.41, 5.74) is 3.13. The molecule has 0 fully saturated rings. The van der Waals surface area contributed by atoms with Crippen molar-refractivity contribution in [1.82, 2.24) is 0 Å². The lowest BCUT2D eigenvalue weighted by atomic mass is 10.0. The van der Waals surface area contributed by atoms with Gasteiger partial charge in [0, 0.05) is 16.1 Å². The van der Waals surface area contributed by atoms with Gasteiger partial charge >= 0.3 is 0 Å². The van der Waals surface area contributed by atoms with Crippen molar-refractivity contribution in [2.45, 2.75) is 13.8 Å². The summed E-state index contributed by atoms with van der Waals surface area (Å²) in [4.78, 5) is 12.4. The lowest BCUT2D eigenvalue weighted by molar-refractivity contribution is 0.103. The number of hydrogen-bond donors (Lipinski definition) is 0. The predicted molar refractivity (Wildman–Crippen MR) is 77.4 cm³/mol. The Labute approximate surface area is 118 Å². The van der Waals surface area contributed by atoms with Crippen molar-refractivity contribution in [1.29, 1.82) is 0 Å². The van der Waals surface area contributed by atoms with Gasteiger partial charge in [-0.2, -0.15) is 0 Å². The van der Waals surface area contributed by atoms with Crippen molar-refractivity contribution in [3.8, 4) is 5.75 Å². The number of carbonyl (C=O) groups is 1. The van der Waals surface area contributed by atoms with Crippen molar-refractivity contribution >= 4 is 17.4 Å². The Hall–Kier alpha value is -1.80. The largest absolute Gasteiger partial charge is 0.496 e. The first-order valence-electron chi connectivity index (χ1n) is 5.98. The molecule has 0 radical (unpaired) electrons. The fourth-order valence-electron chi connectivity index (χ4n) is 1.92. The van der Waals surface area contributed by atoms with Gasteiger partial charge in [0.15, 0.2) is 5.78 Å². The average molecular weight is 275 g/mol. The van der Waals surface area contributed by atoms with Gasteiger partial charge in [-0.05, 0) is 49.2 Å². The van der Waals surface area contributed by atoms with Crippen LogP contribution in [0.15, 0.2) is 36.4 Å². The molecule has 0 N–H and O–H groups in total. The second kappa shape index (κ2) is 5.45. The maximum Gasteiger partial charge on any atom is 0.193 e. The zero-order chi connectivity index (χ0) is 14.0. The van der Waals surface area contributed by atoms with Gasteiger partial charge in [0.25, 0.3) is 0 Å². The van der Waals surface area contributed by atoms with Crippen LogP contribution in [-0.2, 0) is 0 Å². The fourth-order valence-corrected chi connectivity index (χ4v) is 2.10. The van der Waals surface area contributed by atoms with E-state index < -0.39 is 0 Å². The molecule has 0 unspecified atom stereocenters. The van der Waals surface area contributed by atoms with E-state index >= 15 is 0 Å². The van der Waals surface area contributed by atoms with Crippen LogP contribution in [0.4, 0.5) is 0 Å². The summed E-state index contributed by atoms with van der Waals surface area (Å²) in [6.45, 7) is 3.83. The number of rotatable bonds is 3. The summed E-state index contributed by atoms with van der Waals surface area (Å²) >= 11 is 6.05. The molecule has 3 heteroatoms. The molecule has 98 valence electrons. The third kappa shape index (κ3) is 2.79. The smallest absolute Gasteiger partial charge is 0.193 e. The molecule has 0 aromatic heterocycles. The van der Waals surface area contributed by atoms with Crippen LogP contribution in [0.5, 0.6) is 5.75 Å². The fraction of sp³-hybridized carbons (Fsp3) is 0.188. The molecule has 0 atom stereocenters. The van der Waals surface area contributed by atoms with Gasteiger partial charge in [-0.3, -0.25) is 4.79 Å². The number of carbonyl (C=O) groups excluding carboxylic acids is 1. The zero-order valence-corrected chi connectivity index (χ0v) is 11.9. The highest BCUT2D eigenvalue weighted by Crippen LogP contribution is 2.22. The molecule has 19 heavy (non-hydrogen) atoms. The summed E-state index contributed by atoms with van der Waals surface area (Å²) in [5.74, 6) is 0.742. The number of benzene rings is 2. The van der Waals surface area contributed by atoms with E-state index in [1.807, 2.05) is 26.0 Å². The van der Waals surface area contributed by atoms with Crippen LogP contribution >= 0.6 is 11.6 Å². The molecule has 0 aliphatic heterocycles. The Bertz CT molecular complexity index is 633. The number of ketones is 1. The summed E-state index contributed by atoms with van der Waals surface area (Å²) in [5, 5.41) is 0.607. The number of halogens is 1. The predicted octanol–water partition coefficient (Wildman–Crippen LogP) is 4.20. The van der Waals surface area contributed by atoms with Crippen molar-refractivity contribution in [2.75, 3.05) is 7.11 Å². The molecule has 0 amide bonds. The van der Waals surface area contributed by atoms with Gasteiger partial charge < -0.3 is 4.74 Å². The molecule has 0 bridgehead atoms. The monoisotopic (exact) mass is 274 g/mol. The quantitative estimate of drug-likeness (QED) is 0.784. The van der Waals surface area contributed by atoms with E-state index in [2.05, 4.69) is 0 Å². The Morgan fingerprint density at radius 3 is 2.21 bits per heavy atom. The Morgan fingerprint density at radius 2 is 1.63 bits per heavy atom. The summed E-state index contributed by atoms with van der Waals surface area (Å²) in [7, 11) is 1.61. The van der Waals surface area contributed by atoms with E-state index in [9.17, 15) is 4.79 Å². The molecule has 0 saturated heterocycles. The number of ether oxygens (including phenoxy) is 1. The van der Waals surface area contributed by atoms with Crippen molar-refractivity contribution in [2.24, 2.45) is 0 Å². The molecule has 0 aliphatic rings. The molecule has 2 nitrogen and oxygen atoms in total. The van der Waals surface area contributed by atoms with E-state index in [1.165, 1.54) is 0 Å². The maximum atomic E-state index is 12.4. The minimum atomic E-state index is -0.0346. The SMILES string of the molecule is COc1ccc(C(=O)c2ccc(C)c(Cl)c2)cc1C. The molecular weight excluding hydrogens is 260 g/mol. The normalized spacial score (nSPS) is 10.3. The lowest BCUT2D eigenvalue weighted by Gasteiger charge is -2.07. The molecule has 0 aliphatic carbocycles. The zero-order valence-electron chi connectivity index (χ0n) is 11.2. The first kappa shape index (κ1) is 13.6. The summed E-state index contributed by atoms with van der Waals surface area (Å²) < 4.78 is 5.19. The average Bonchev–Trinajstić information content (AvgIpc) is 2.41. The van der Waals surface area contributed by atoms with Crippen LogP contribution in [0.2, 0.25) is 5.02 Å². The molecule has 2 aromatic carbocycles. The molecule has 2 rings (SSSR count). The number of aryl methyl sites for hydroxylation is 2. The summed E-state index contributed by atoms with van der Waals surface area (Å²) in [6.07, 6.45) is 0. The van der Waals surface area contributed by atoms with Crippen molar-refractivity contribution in [3.05, 3.63) is 63.7 Å². The van der Waals surface area contributed by atoms with E-state index in [4.69, 9.17) is 16.3 Å². The van der Waals surface area contributed by atoms with Crippen LogP contribution in [0, 0.1) is 13.8 Å². The maximum absolute atomic E-state index is 12.4. The van der Waals surface area contributed by atoms with E-state index in [0.29, 0.717) is 16.1 Å². The first-order valence-corrected chi connectivity index (χ1v) is 6.36. The van der Waals surface area contributed by atoms with Crippen molar-refractivity contribution in [3.63, 3.8) is 0 Å². The first-order chi connectivity index (χ1) is 9.02. The molecule has 2 aromatic rings. The summed E-state index contributed by atoms with van der Waals surface area (Å²) in [6, 6.07) is 10.8. The Morgan fingerprint density at radius 1 is 1.00 bits per heavy atom. The Kier molecular flexibility index (Phi) is 3.91. The van der Waals surface area contributed by atoms with E-state index in [1.54, 1.807) is 31.4 Å². The van der Waals surface area contributed by atoms with Gasteiger partial charge in [0.05, 0.1) is 7.11 Å². The highest BCUT2D eigenvalue weighted by Gasteiger charge is 2.11. The van der Waals surface area contributed by atoms with Crippen LogP contribution in [0.1, 0.15) is 27.0 Å². The third-order valence-electron chi connectivity index (χ3n) is 3.09. The molecular formula is C16H15ClO2. The third-order valence-corrected chi connectivity index (χ3v) is 3.50. The van der Waals surface area contributed by atoms with Crippen LogP contribution < -0.4 is 4.74 Å². The van der Waals surface area contributed by atoms with Crippen LogP contribution in [-0.4, -0.2) is 12.9 Å². The number of hydrogen-bond acceptors (Lipinski definition) is 2. The topological polar surface area (TPSA) is 26.3 Å². The van der Waals surface area contributed by atoms with Gasteiger partial charge in [0.2, 0.25) is 0 Å². The molecule has 0 heterocycles. The Balaban J connectivity index is 2.38. The minimum absolute atomic E-state index is 0.0346. The lowest BCUT2D eigenvalue weighted by Crippen LogP contribution is -2.02.